The molecule has 0 radical (unpaired) electrons. The molecule has 25 heavy (non-hydrogen) atoms. The molecule has 2 aromatic rings. The van der Waals surface area contributed by atoms with Gasteiger partial charge in [0.15, 0.2) is 0 Å². The average molecular weight is 353 g/mol. The third-order valence-electron chi connectivity index (χ3n) is 3.56. The van der Waals surface area contributed by atoms with Crippen molar-refractivity contribution < 1.29 is 17.9 Å². The number of rotatable bonds is 6. The van der Waals surface area contributed by atoms with Crippen molar-refractivity contribution in [3.8, 4) is 5.88 Å². The Morgan fingerprint density at radius 2 is 1.88 bits per heavy atom. The highest BCUT2D eigenvalue weighted by molar-refractivity contribution is 5.61. The van der Waals surface area contributed by atoms with E-state index in [1.54, 1.807) is 4.90 Å². The number of alkyl halides is 3. The summed E-state index contributed by atoms with van der Waals surface area (Å²) in [5, 5.41) is 0. The maximum absolute atomic E-state index is 13.2. The van der Waals surface area contributed by atoms with Gasteiger partial charge in [-0.05, 0) is 31.4 Å². The summed E-state index contributed by atoms with van der Waals surface area (Å²) < 4.78 is 44.9. The van der Waals surface area contributed by atoms with Crippen molar-refractivity contribution in [3.05, 3.63) is 41.6 Å². The zero-order valence-corrected chi connectivity index (χ0v) is 14.8. The Balaban J connectivity index is 2.47. The van der Waals surface area contributed by atoms with Gasteiger partial charge in [-0.15, -0.1) is 0 Å². The molecular formula is C18H22F3N3O. The second-order valence-corrected chi connectivity index (χ2v) is 6.12. The molecule has 0 unspecified atom stereocenters. The molecule has 0 bridgehead atoms. The number of nitrogens with zero attached hydrogens (tertiary/aromatic N) is 3. The molecule has 0 amide bonds. The third kappa shape index (κ3) is 4.61. The van der Waals surface area contributed by atoms with Gasteiger partial charge in [0.1, 0.15) is 5.56 Å². The van der Waals surface area contributed by atoms with E-state index in [-0.39, 0.29) is 18.5 Å². The SMILES string of the molecule is CCN(c1ncc(C(F)(F)F)c(OCC(C)C)n1)c1ccccc1C. The van der Waals surface area contributed by atoms with Gasteiger partial charge in [0.2, 0.25) is 11.8 Å². The molecule has 4 nitrogen and oxygen atoms in total. The number of hydrogen-bond acceptors (Lipinski definition) is 4. The first-order chi connectivity index (χ1) is 11.7. The topological polar surface area (TPSA) is 38.2 Å². The number of benzene rings is 1. The molecule has 0 aliphatic heterocycles. The first-order valence-electron chi connectivity index (χ1n) is 8.14. The molecule has 0 aliphatic rings. The fraction of sp³-hybridized carbons (Fsp3) is 0.444. The molecule has 0 saturated carbocycles. The maximum Gasteiger partial charge on any atom is 0.423 e. The van der Waals surface area contributed by atoms with Crippen LogP contribution in [0.2, 0.25) is 0 Å². The summed E-state index contributed by atoms with van der Waals surface area (Å²) in [4.78, 5) is 9.77. The van der Waals surface area contributed by atoms with Crippen molar-refractivity contribution >= 4 is 11.6 Å². The van der Waals surface area contributed by atoms with E-state index in [0.717, 1.165) is 17.4 Å². The molecule has 0 spiro atoms. The Labute approximate surface area is 145 Å². The normalized spacial score (nSPS) is 11.7. The number of halogens is 3. The zero-order chi connectivity index (χ0) is 18.6. The van der Waals surface area contributed by atoms with Crippen LogP contribution in [0, 0.1) is 12.8 Å². The molecule has 136 valence electrons. The van der Waals surface area contributed by atoms with Crippen LogP contribution in [-0.4, -0.2) is 23.1 Å². The van der Waals surface area contributed by atoms with Crippen LogP contribution < -0.4 is 9.64 Å². The highest BCUT2D eigenvalue weighted by Gasteiger charge is 2.36. The van der Waals surface area contributed by atoms with E-state index in [1.165, 1.54) is 0 Å². The molecule has 0 aliphatic carbocycles. The van der Waals surface area contributed by atoms with E-state index in [9.17, 15) is 13.2 Å². The molecule has 0 fully saturated rings. The van der Waals surface area contributed by atoms with Crippen LogP contribution in [-0.2, 0) is 6.18 Å². The van der Waals surface area contributed by atoms with E-state index in [4.69, 9.17) is 4.74 Å². The first-order valence-corrected chi connectivity index (χ1v) is 8.14. The van der Waals surface area contributed by atoms with Crippen molar-refractivity contribution in [1.29, 1.82) is 0 Å². The minimum atomic E-state index is -4.56. The first kappa shape index (κ1) is 19.0. The lowest BCUT2D eigenvalue weighted by atomic mass is 10.2. The fourth-order valence-electron chi connectivity index (χ4n) is 2.32. The number of aromatic nitrogens is 2. The quantitative estimate of drug-likeness (QED) is 0.733. The Morgan fingerprint density at radius 3 is 2.44 bits per heavy atom. The van der Waals surface area contributed by atoms with Gasteiger partial charge in [-0.1, -0.05) is 32.0 Å². The van der Waals surface area contributed by atoms with Crippen LogP contribution in [0.3, 0.4) is 0 Å². The lowest BCUT2D eigenvalue weighted by molar-refractivity contribution is -0.139. The summed E-state index contributed by atoms with van der Waals surface area (Å²) in [6.07, 6.45) is -3.77. The molecule has 0 atom stereocenters. The smallest absolute Gasteiger partial charge is 0.423 e. The standard InChI is InChI=1S/C18H22F3N3O/c1-5-24(15-9-7-6-8-13(15)4)17-22-10-14(18(19,20)21)16(23-17)25-11-12(2)3/h6-10,12H,5,11H2,1-4H3. The number of para-hydroxylation sites is 1. The molecule has 0 saturated heterocycles. The van der Waals surface area contributed by atoms with Gasteiger partial charge < -0.3 is 9.64 Å². The second-order valence-electron chi connectivity index (χ2n) is 6.12. The van der Waals surface area contributed by atoms with Crippen molar-refractivity contribution in [1.82, 2.24) is 9.97 Å². The van der Waals surface area contributed by atoms with Crippen molar-refractivity contribution in [3.63, 3.8) is 0 Å². The van der Waals surface area contributed by atoms with Gasteiger partial charge >= 0.3 is 6.18 Å². The number of aryl methyl sites for hydroxylation is 1. The van der Waals surface area contributed by atoms with E-state index >= 15 is 0 Å². The van der Waals surface area contributed by atoms with Gasteiger partial charge in [0.05, 0.1) is 6.61 Å². The van der Waals surface area contributed by atoms with E-state index < -0.39 is 17.6 Å². The molecule has 1 aromatic carbocycles. The predicted molar refractivity (Wildman–Crippen MR) is 91.2 cm³/mol. The van der Waals surface area contributed by atoms with Gasteiger partial charge in [-0.3, -0.25) is 0 Å². The van der Waals surface area contributed by atoms with Crippen molar-refractivity contribution in [2.75, 3.05) is 18.1 Å². The number of ether oxygens (including phenoxy) is 1. The highest BCUT2D eigenvalue weighted by Crippen LogP contribution is 2.36. The fourth-order valence-corrected chi connectivity index (χ4v) is 2.32. The largest absolute Gasteiger partial charge is 0.477 e. The van der Waals surface area contributed by atoms with Crippen LogP contribution in [0.15, 0.2) is 30.5 Å². The van der Waals surface area contributed by atoms with Gasteiger partial charge in [-0.25, -0.2) is 4.98 Å². The van der Waals surface area contributed by atoms with Gasteiger partial charge in [-0.2, -0.15) is 18.2 Å². The third-order valence-corrected chi connectivity index (χ3v) is 3.56. The zero-order valence-electron chi connectivity index (χ0n) is 14.8. The Bertz CT molecular complexity index is 717. The van der Waals surface area contributed by atoms with Crippen LogP contribution in [0.25, 0.3) is 0 Å². The highest BCUT2D eigenvalue weighted by atomic mass is 19.4. The van der Waals surface area contributed by atoms with Crippen molar-refractivity contribution in [2.45, 2.75) is 33.9 Å². The lowest BCUT2D eigenvalue weighted by Gasteiger charge is -2.24. The number of hydrogen-bond donors (Lipinski definition) is 0. The van der Waals surface area contributed by atoms with Gasteiger partial charge in [0.25, 0.3) is 0 Å². The van der Waals surface area contributed by atoms with E-state index in [2.05, 4.69) is 9.97 Å². The van der Waals surface area contributed by atoms with E-state index in [1.807, 2.05) is 52.0 Å². The lowest BCUT2D eigenvalue weighted by Crippen LogP contribution is -2.22. The maximum atomic E-state index is 13.2. The minimum absolute atomic E-state index is 0.0816. The van der Waals surface area contributed by atoms with Crippen LogP contribution in [0.5, 0.6) is 5.88 Å². The summed E-state index contributed by atoms with van der Waals surface area (Å²) in [6.45, 7) is 8.21. The van der Waals surface area contributed by atoms with Crippen molar-refractivity contribution in [2.24, 2.45) is 5.92 Å². The Hall–Kier alpha value is -2.31. The number of anilines is 2. The van der Waals surface area contributed by atoms with Crippen LogP contribution >= 0.6 is 0 Å². The van der Waals surface area contributed by atoms with Gasteiger partial charge in [0, 0.05) is 18.4 Å². The summed E-state index contributed by atoms with van der Waals surface area (Å²) >= 11 is 0. The van der Waals surface area contributed by atoms with Crippen LogP contribution in [0.4, 0.5) is 24.8 Å². The van der Waals surface area contributed by atoms with Crippen LogP contribution in [0.1, 0.15) is 31.9 Å². The molecule has 1 heterocycles. The Morgan fingerprint density at radius 1 is 1.20 bits per heavy atom. The monoisotopic (exact) mass is 353 g/mol. The second kappa shape index (κ2) is 7.72. The summed E-state index contributed by atoms with van der Waals surface area (Å²) in [5.74, 6) is -0.167. The molecule has 2 rings (SSSR count). The summed E-state index contributed by atoms with van der Waals surface area (Å²) in [6, 6.07) is 7.58. The average Bonchev–Trinajstić information content (AvgIpc) is 2.54. The molecule has 1 aromatic heterocycles. The molecular weight excluding hydrogens is 331 g/mol. The minimum Gasteiger partial charge on any atom is -0.477 e. The predicted octanol–water partition coefficient (Wildman–Crippen LogP) is 5.00. The Kier molecular flexibility index (Phi) is 5.87. The summed E-state index contributed by atoms with van der Waals surface area (Å²) in [7, 11) is 0. The summed E-state index contributed by atoms with van der Waals surface area (Å²) in [5.41, 5.74) is 0.870. The molecule has 7 heteroatoms. The van der Waals surface area contributed by atoms with E-state index in [0.29, 0.717) is 6.54 Å². The molecule has 0 N–H and O–H groups in total.